The molecule has 0 radical (unpaired) electrons. The number of hydrogen-bond acceptors (Lipinski definition) is 21. The molecule has 7 fully saturated rings. The molecule has 25 atom stereocenters. The Morgan fingerprint density at radius 2 is 1.25 bits per heavy atom. The predicted octanol–water partition coefficient (Wildman–Crippen LogP) is 3.20. The van der Waals surface area contributed by atoms with Gasteiger partial charge in [0.05, 0.1) is 59.8 Å². The second-order valence-electron chi connectivity index (χ2n) is 23.2. The van der Waals surface area contributed by atoms with Crippen molar-refractivity contribution in [1.82, 2.24) is 4.98 Å². The molecule has 0 amide bonds. The maximum atomic E-state index is 13.7. The summed E-state index contributed by atoms with van der Waals surface area (Å²) in [5, 5.41) is 59.4. The van der Waals surface area contributed by atoms with Crippen LogP contribution in [0.15, 0.2) is 36.2 Å². The van der Waals surface area contributed by atoms with Gasteiger partial charge < -0.3 is 87.1 Å². The van der Waals surface area contributed by atoms with Crippen LogP contribution < -0.4 is 0 Å². The van der Waals surface area contributed by atoms with Crippen LogP contribution in [0.25, 0.3) is 0 Å². The van der Waals surface area contributed by atoms with E-state index < -0.39 is 156 Å². The Hall–Kier alpha value is -2.65. The van der Waals surface area contributed by atoms with Crippen LogP contribution in [0.3, 0.4) is 0 Å². The van der Waals surface area contributed by atoms with Crippen LogP contribution in [0.4, 0.5) is 0 Å². The fraction of sp³-hybridized carbons (Fsp3) is 0.836. The first kappa shape index (κ1) is 58.0. The number of carbonyl (C=O) groups is 2. The monoisotopic (exact) mass is 1080 g/mol. The second kappa shape index (κ2) is 22.4. The number of pyridine rings is 1. The summed E-state index contributed by atoms with van der Waals surface area (Å²) in [6.07, 6.45) is -5.24. The van der Waals surface area contributed by atoms with E-state index >= 15 is 0 Å². The highest BCUT2D eigenvalue weighted by atomic mass is 16.8. The van der Waals surface area contributed by atoms with Crippen molar-refractivity contribution in [2.75, 3.05) is 28.4 Å². The van der Waals surface area contributed by atoms with Crippen LogP contribution >= 0.6 is 0 Å². The molecule has 4 saturated heterocycles. The van der Waals surface area contributed by atoms with Crippen molar-refractivity contribution < 1.29 is 96.7 Å². The van der Waals surface area contributed by atoms with Crippen molar-refractivity contribution >= 4 is 11.8 Å². The van der Waals surface area contributed by atoms with Gasteiger partial charge in [0.25, 0.3) is 0 Å². The normalized spacial score (nSPS) is 49.4. The fourth-order valence-electron chi connectivity index (χ4n) is 14.8. The molecule has 0 spiro atoms. The van der Waals surface area contributed by atoms with Crippen molar-refractivity contribution in [2.24, 2.45) is 16.7 Å². The summed E-state index contributed by atoms with van der Waals surface area (Å²) in [5.74, 6) is -1.86. The van der Waals surface area contributed by atoms with Gasteiger partial charge in [0.15, 0.2) is 30.9 Å². The van der Waals surface area contributed by atoms with Crippen molar-refractivity contribution in [3.63, 3.8) is 0 Å². The molecule has 76 heavy (non-hydrogen) atoms. The summed E-state index contributed by atoms with van der Waals surface area (Å²) in [4.78, 5) is 31.1. The lowest BCUT2D eigenvalue weighted by Gasteiger charge is -2.67. The minimum atomic E-state index is -2.06. The number of aromatic nitrogens is 1. The average molecular weight is 1080 g/mol. The van der Waals surface area contributed by atoms with Crippen molar-refractivity contribution in [1.29, 1.82) is 0 Å². The molecule has 1 aromatic heterocycles. The molecule has 4 aliphatic carbocycles. The van der Waals surface area contributed by atoms with E-state index in [1.807, 2.05) is 26.8 Å². The van der Waals surface area contributed by atoms with Gasteiger partial charge in [0.1, 0.15) is 59.5 Å². The zero-order chi connectivity index (χ0) is 54.9. The summed E-state index contributed by atoms with van der Waals surface area (Å²) < 4.78 is 80.9. The lowest BCUT2D eigenvalue weighted by atomic mass is 9.42. The first-order chi connectivity index (χ1) is 36.0. The molecule has 9 rings (SSSR count). The Kier molecular flexibility index (Phi) is 17.1. The number of aliphatic hydroxyl groups excluding tert-OH is 2. The van der Waals surface area contributed by atoms with Crippen molar-refractivity contribution in [2.45, 2.75) is 246 Å². The van der Waals surface area contributed by atoms with E-state index in [9.17, 15) is 35.1 Å². The van der Waals surface area contributed by atoms with E-state index in [1.165, 1.54) is 26.4 Å². The topological polar surface area (TPSA) is 268 Å². The number of esters is 1. The highest BCUT2D eigenvalue weighted by Gasteiger charge is 2.81. The van der Waals surface area contributed by atoms with E-state index in [0.717, 1.165) is 5.57 Å². The van der Waals surface area contributed by atoms with Crippen molar-refractivity contribution in [3.05, 3.63) is 41.7 Å². The molecule has 8 aliphatic rings. The van der Waals surface area contributed by atoms with Gasteiger partial charge in [-0.2, -0.15) is 0 Å². The molecule has 5 heterocycles. The lowest BCUT2D eigenvalue weighted by Crippen LogP contribution is -2.78. The maximum Gasteiger partial charge on any atom is 0.339 e. The minimum Gasteiger partial charge on any atom is -0.458 e. The van der Waals surface area contributed by atoms with Gasteiger partial charge >= 0.3 is 5.97 Å². The number of ketones is 1. The number of hydrogen-bond donors (Lipinski definition) is 5. The molecule has 0 aromatic carbocycles. The second-order valence-corrected chi connectivity index (χ2v) is 23.2. The molecule has 21 nitrogen and oxygen atoms in total. The fourth-order valence-corrected chi connectivity index (χ4v) is 14.8. The standard InChI is InChI=1S/C55H83NO20/c1-27-43(58)48(67-11)44(59)50(71-27)76-47-30(4)70-42(24-37(47)66-10)75-46-29(3)69-41(23-36(46)65-9)74-45-28(2)68-40(22-35(45)64-8)72-34-15-16-51(6)33(21-34)14-17-54(62)38(51)25-39(73-49(60)32-13-12-20-56-26-32)52(7)53(61,31(5)57)18-19-55(52,54)63/h12-14,20,26-30,34-48,50,58-59,61-63H,15-19,21-25H2,1-11H3. The van der Waals surface area contributed by atoms with E-state index in [-0.39, 0.29) is 37.4 Å². The number of ether oxygens (including phenoxy) is 13. The van der Waals surface area contributed by atoms with Crippen LogP contribution in [0.5, 0.6) is 0 Å². The highest BCUT2D eigenvalue weighted by Crippen LogP contribution is 2.71. The van der Waals surface area contributed by atoms with E-state index in [4.69, 9.17) is 61.6 Å². The van der Waals surface area contributed by atoms with E-state index in [0.29, 0.717) is 38.5 Å². The van der Waals surface area contributed by atoms with Gasteiger partial charge in [0, 0.05) is 66.0 Å². The molecule has 25 unspecified atom stereocenters. The number of carbonyl (C=O) groups excluding carboxylic acids is 2. The highest BCUT2D eigenvalue weighted by molar-refractivity contribution is 5.90. The molecule has 1 aromatic rings. The summed E-state index contributed by atoms with van der Waals surface area (Å²) >= 11 is 0. The van der Waals surface area contributed by atoms with Crippen LogP contribution in [-0.2, 0) is 66.4 Å². The van der Waals surface area contributed by atoms with Crippen LogP contribution in [0.1, 0.15) is 123 Å². The number of Topliss-reactive ketones (excluding diaryl/α,β-unsaturated/α-hetero) is 1. The molecular weight excluding hydrogens is 995 g/mol. The Morgan fingerprint density at radius 1 is 0.684 bits per heavy atom. The first-order valence-electron chi connectivity index (χ1n) is 27.2. The lowest BCUT2D eigenvalue weighted by molar-refractivity contribution is -0.356. The zero-order valence-corrected chi connectivity index (χ0v) is 45.8. The van der Waals surface area contributed by atoms with Crippen LogP contribution in [0, 0.1) is 16.7 Å². The maximum absolute atomic E-state index is 13.7. The van der Waals surface area contributed by atoms with Crippen LogP contribution in [0.2, 0.25) is 0 Å². The van der Waals surface area contributed by atoms with Gasteiger partial charge in [-0.25, -0.2) is 4.79 Å². The molecule has 0 bridgehead atoms. The number of rotatable bonds is 15. The average Bonchev–Trinajstić information content (AvgIpc) is 3.86. The van der Waals surface area contributed by atoms with E-state index in [1.54, 1.807) is 47.3 Å². The summed E-state index contributed by atoms with van der Waals surface area (Å²) in [6, 6.07) is 3.19. The van der Waals surface area contributed by atoms with Gasteiger partial charge in [-0.1, -0.05) is 18.6 Å². The Morgan fingerprint density at radius 3 is 1.78 bits per heavy atom. The van der Waals surface area contributed by atoms with Gasteiger partial charge in [-0.3, -0.25) is 9.78 Å². The quantitative estimate of drug-likeness (QED) is 0.125. The first-order valence-corrected chi connectivity index (χ1v) is 27.2. The number of methoxy groups -OCH3 is 4. The van der Waals surface area contributed by atoms with Crippen LogP contribution in [-0.4, -0.2) is 204 Å². The molecule has 21 heteroatoms. The SMILES string of the molecule is COC1CC(OC2CCC3(C)C(=CCC4(O)C3CC(OC(=O)c3cccnc3)C3(C)C(O)(C(C)=O)CCC43O)C2)OC(C)C1OC1CC(OC)C(OC2CC(OC)C(OC3OC(C)C(O)C(OC)C3O)C(C)O2)C(C)O1. The summed E-state index contributed by atoms with van der Waals surface area (Å²) in [5.41, 5.74) is -6.93. The Balaban J connectivity index is 0.810. The number of aliphatic hydroxyl groups is 5. The Bertz CT molecular complexity index is 2230. The molecule has 3 saturated carbocycles. The molecule has 4 aliphatic heterocycles. The predicted molar refractivity (Wildman–Crippen MR) is 265 cm³/mol. The third-order valence-corrected chi connectivity index (χ3v) is 19.4. The summed E-state index contributed by atoms with van der Waals surface area (Å²) in [7, 11) is 6.23. The molecule has 428 valence electrons. The molecule has 5 N–H and O–H groups in total. The number of fused-ring (bicyclic) bond motifs is 5. The third-order valence-electron chi connectivity index (χ3n) is 19.4. The van der Waals surface area contributed by atoms with Gasteiger partial charge in [-0.15, -0.1) is 0 Å². The van der Waals surface area contributed by atoms with Gasteiger partial charge in [-0.05, 0) is 104 Å². The van der Waals surface area contributed by atoms with Crippen molar-refractivity contribution in [3.8, 4) is 0 Å². The Labute approximate surface area is 445 Å². The molecular formula is C55H83NO20. The summed E-state index contributed by atoms with van der Waals surface area (Å²) in [6.45, 7) is 12.3. The minimum absolute atomic E-state index is 0.0621. The zero-order valence-electron chi connectivity index (χ0n) is 45.8. The number of nitrogens with zero attached hydrogens (tertiary/aromatic N) is 1. The largest absolute Gasteiger partial charge is 0.458 e. The smallest absolute Gasteiger partial charge is 0.339 e. The van der Waals surface area contributed by atoms with Gasteiger partial charge in [0.2, 0.25) is 0 Å². The third kappa shape index (κ3) is 9.85. The van der Waals surface area contributed by atoms with E-state index in [2.05, 4.69) is 11.9 Å².